The first-order valence-electron chi connectivity index (χ1n) is 4.55. The van der Waals surface area contributed by atoms with Crippen molar-refractivity contribution in [3.63, 3.8) is 0 Å². The molecule has 0 aliphatic rings. The van der Waals surface area contributed by atoms with Crippen molar-refractivity contribution in [3.8, 4) is 0 Å². The van der Waals surface area contributed by atoms with Gasteiger partial charge in [0.1, 0.15) is 0 Å². The van der Waals surface area contributed by atoms with Crippen molar-refractivity contribution in [2.24, 2.45) is 11.5 Å². The fraction of sp³-hybridized carbons (Fsp3) is 0.182. The van der Waals surface area contributed by atoms with Crippen LogP contribution >= 0.6 is 12.2 Å². The van der Waals surface area contributed by atoms with Gasteiger partial charge in [0.15, 0.2) is 0 Å². The maximum absolute atomic E-state index is 5.61. The predicted octanol–water partition coefficient (Wildman–Crippen LogP) is 1.33. The van der Waals surface area contributed by atoms with E-state index in [4.69, 9.17) is 16.2 Å². The molecule has 4 heteroatoms. The van der Waals surface area contributed by atoms with E-state index in [0.29, 0.717) is 18.9 Å². The summed E-state index contributed by atoms with van der Waals surface area (Å²) < 4.78 is 5.37. The molecule has 15 heavy (non-hydrogen) atoms. The third-order valence-electron chi connectivity index (χ3n) is 1.71. The Morgan fingerprint density at radius 1 is 1.27 bits per heavy atom. The lowest BCUT2D eigenvalue weighted by Gasteiger charge is -2.04. The molecule has 0 fully saturated rings. The zero-order valence-electron chi connectivity index (χ0n) is 8.35. The fourth-order valence-electron chi connectivity index (χ4n) is 1.09. The Morgan fingerprint density at radius 3 is 2.53 bits per heavy atom. The molecule has 0 amide bonds. The van der Waals surface area contributed by atoms with E-state index in [1.165, 1.54) is 6.08 Å². The highest BCUT2D eigenvalue weighted by Crippen LogP contribution is 2.00. The first-order chi connectivity index (χ1) is 7.18. The van der Waals surface area contributed by atoms with E-state index < -0.39 is 0 Å². The van der Waals surface area contributed by atoms with Crippen LogP contribution in [0.5, 0.6) is 0 Å². The van der Waals surface area contributed by atoms with E-state index in [1.807, 2.05) is 30.3 Å². The molecule has 0 spiro atoms. The summed E-state index contributed by atoms with van der Waals surface area (Å²) in [6, 6.07) is 9.88. The lowest BCUT2D eigenvalue weighted by Crippen LogP contribution is -2.12. The number of hydrogen-bond acceptors (Lipinski definition) is 3. The van der Waals surface area contributed by atoms with Crippen LogP contribution in [-0.2, 0) is 11.3 Å². The summed E-state index contributed by atoms with van der Waals surface area (Å²) in [5.74, 6) is 0. The first kappa shape index (κ1) is 11.7. The summed E-state index contributed by atoms with van der Waals surface area (Å²) in [6.07, 6.45) is 1.53. The van der Waals surface area contributed by atoms with Crippen molar-refractivity contribution in [1.29, 1.82) is 0 Å². The van der Waals surface area contributed by atoms with Crippen molar-refractivity contribution >= 4 is 17.2 Å². The smallest absolute Gasteiger partial charge is 0.0980 e. The largest absolute Gasteiger partial charge is 0.400 e. The van der Waals surface area contributed by atoms with Crippen molar-refractivity contribution < 1.29 is 4.74 Å². The molecule has 4 N–H and O–H groups in total. The molecule has 0 unspecified atom stereocenters. The summed E-state index contributed by atoms with van der Waals surface area (Å²) in [5.41, 5.74) is 12.6. The highest BCUT2D eigenvalue weighted by Gasteiger charge is 1.94. The van der Waals surface area contributed by atoms with Gasteiger partial charge in [-0.3, -0.25) is 0 Å². The zero-order valence-corrected chi connectivity index (χ0v) is 9.17. The number of nitrogens with two attached hydrogens (primary N) is 2. The Morgan fingerprint density at radius 2 is 1.93 bits per heavy atom. The lowest BCUT2D eigenvalue weighted by molar-refractivity contribution is 0.142. The van der Waals surface area contributed by atoms with Gasteiger partial charge >= 0.3 is 0 Å². The minimum Gasteiger partial charge on any atom is -0.400 e. The topological polar surface area (TPSA) is 61.3 Å². The fourth-order valence-corrected chi connectivity index (χ4v) is 1.24. The minimum atomic E-state index is 0.274. The second-order valence-corrected chi connectivity index (χ2v) is 3.57. The van der Waals surface area contributed by atoms with Gasteiger partial charge in [0.25, 0.3) is 0 Å². The summed E-state index contributed by atoms with van der Waals surface area (Å²) in [5, 5.41) is 0. The number of ether oxygens (including phenoxy) is 1. The Bertz CT molecular complexity index is 349. The van der Waals surface area contributed by atoms with Crippen LogP contribution in [0.15, 0.2) is 42.1 Å². The second-order valence-electron chi connectivity index (χ2n) is 3.10. The summed E-state index contributed by atoms with van der Waals surface area (Å²) in [7, 11) is 0. The van der Waals surface area contributed by atoms with Crippen LogP contribution in [-0.4, -0.2) is 11.6 Å². The summed E-state index contributed by atoms with van der Waals surface area (Å²) in [4.78, 5) is 0.274. The maximum Gasteiger partial charge on any atom is 0.0980 e. The predicted molar refractivity (Wildman–Crippen MR) is 65.2 cm³/mol. The van der Waals surface area contributed by atoms with Gasteiger partial charge in [0, 0.05) is 5.70 Å². The third-order valence-corrected chi connectivity index (χ3v) is 1.83. The van der Waals surface area contributed by atoms with Crippen LogP contribution in [0.2, 0.25) is 0 Å². The summed E-state index contributed by atoms with van der Waals surface area (Å²) >= 11 is 4.68. The molecule has 0 aliphatic heterocycles. The number of rotatable bonds is 5. The quantitative estimate of drug-likeness (QED) is 0.583. The number of hydrogen-bond donors (Lipinski definition) is 2. The van der Waals surface area contributed by atoms with Gasteiger partial charge in [-0.2, -0.15) is 0 Å². The number of thiocarbonyl (C=S) groups is 1. The van der Waals surface area contributed by atoms with Crippen LogP contribution in [0.25, 0.3) is 0 Å². The van der Waals surface area contributed by atoms with E-state index in [9.17, 15) is 0 Å². The molecule has 0 atom stereocenters. The van der Waals surface area contributed by atoms with Crippen molar-refractivity contribution in [3.05, 3.63) is 47.7 Å². The normalized spacial score (nSPS) is 11.3. The van der Waals surface area contributed by atoms with Gasteiger partial charge in [-0.15, -0.1) is 0 Å². The van der Waals surface area contributed by atoms with Gasteiger partial charge in [-0.05, 0) is 11.6 Å². The average molecular weight is 222 g/mol. The standard InChI is InChI=1S/C11H14N2OS/c12-10(6-11(13)15)8-14-7-9-4-2-1-3-5-9/h1-6H,7-8,12H2,(H2,13,15)/b10-6-. The van der Waals surface area contributed by atoms with Gasteiger partial charge < -0.3 is 16.2 Å². The van der Waals surface area contributed by atoms with Crippen LogP contribution in [0.4, 0.5) is 0 Å². The number of benzene rings is 1. The lowest BCUT2D eigenvalue weighted by atomic mass is 10.2. The summed E-state index contributed by atoms with van der Waals surface area (Å²) in [6.45, 7) is 0.874. The van der Waals surface area contributed by atoms with E-state index in [2.05, 4.69) is 12.2 Å². The molecule has 0 bridgehead atoms. The van der Waals surface area contributed by atoms with Crippen LogP contribution in [0.3, 0.4) is 0 Å². The molecule has 0 radical (unpaired) electrons. The van der Waals surface area contributed by atoms with E-state index in [1.54, 1.807) is 0 Å². The molecule has 1 aromatic rings. The van der Waals surface area contributed by atoms with Crippen molar-refractivity contribution in [1.82, 2.24) is 0 Å². The highest BCUT2D eigenvalue weighted by molar-refractivity contribution is 7.80. The Labute approximate surface area is 94.7 Å². The second kappa shape index (κ2) is 6.16. The zero-order chi connectivity index (χ0) is 11.1. The van der Waals surface area contributed by atoms with Crippen molar-refractivity contribution in [2.75, 3.05) is 6.61 Å². The molecule has 0 saturated carbocycles. The van der Waals surface area contributed by atoms with Crippen LogP contribution < -0.4 is 11.5 Å². The van der Waals surface area contributed by atoms with Crippen LogP contribution in [0, 0.1) is 0 Å². The van der Waals surface area contributed by atoms with E-state index in [0.717, 1.165) is 5.56 Å². The van der Waals surface area contributed by atoms with Gasteiger partial charge in [-0.25, -0.2) is 0 Å². The Hall–Kier alpha value is -1.39. The molecule has 0 aliphatic carbocycles. The van der Waals surface area contributed by atoms with Gasteiger partial charge in [-0.1, -0.05) is 42.5 Å². The molecule has 0 aromatic heterocycles. The average Bonchev–Trinajstić information content (AvgIpc) is 2.18. The van der Waals surface area contributed by atoms with Gasteiger partial charge in [0.2, 0.25) is 0 Å². The molecule has 0 heterocycles. The first-order valence-corrected chi connectivity index (χ1v) is 4.96. The highest BCUT2D eigenvalue weighted by atomic mass is 32.1. The third kappa shape index (κ3) is 5.15. The van der Waals surface area contributed by atoms with Crippen LogP contribution in [0.1, 0.15) is 5.56 Å². The molecule has 0 saturated heterocycles. The van der Waals surface area contributed by atoms with Crippen molar-refractivity contribution in [2.45, 2.75) is 6.61 Å². The van der Waals surface area contributed by atoms with Gasteiger partial charge in [0.05, 0.1) is 18.2 Å². The molecular formula is C11H14N2OS. The molecular weight excluding hydrogens is 208 g/mol. The molecule has 80 valence electrons. The SMILES string of the molecule is NC(=S)/C=C(\N)COCc1ccccc1. The Kier molecular flexibility index (Phi) is 4.80. The van der Waals surface area contributed by atoms with E-state index in [-0.39, 0.29) is 4.99 Å². The molecule has 1 rings (SSSR count). The molecule has 3 nitrogen and oxygen atoms in total. The molecule has 1 aromatic carbocycles. The minimum absolute atomic E-state index is 0.274. The Balaban J connectivity index is 2.31. The monoisotopic (exact) mass is 222 g/mol. The maximum atomic E-state index is 5.61. The van der Waals surface area contributed by atoms with E-state index >= 15 is 0 Å².